The molecule has 0 aromatic heterocycles. The van der Waals surface area contributed by atoms with Crippen LogP contribution in [0.25, 0.3) is 0 Å². The van der Waals surface area contributed by atoms with Crippen LogP contribution in [0.1, 0.15) is 24.0 Å². The van der Waals surface area contributed by atoms with Crippen LogP contribution in [0.15, 0.2) is 42.5 Å². The predicted molar refractivity (Wildman–Crippen MR) is 106 cm³/mol. The summed E-state index contributed by atoms with van der Waals surface area (Å²) in [6, 6.07) is 9.97. The molecule has 2 aliphatic rings. The first kappa shape index (κ1) is 21.0. The average molecular weight is 434 g/mol. The van der Waals surface area contributed by atoms with Crippen LogP contribution in [0, 0.1) is 5.92 Å². The Bertz CT molecular complexity index is 985. The van der Waals surface area contributed by atoms with Crippen molar-refractivity contribution in [3.05, 3.63) is 53.6 Å². The maximum atomic E-state index is 12.9. The molecule has 0 unspecified atom stereocenters. The van der Waals surface area contributed by atoms with Gasteiger partial charge < -0.3 is 19.7 Å². The van der Waals surface area contributed by atoms with Gasteiger partial charge in [-0.05, 0) is 36.6 Å². The van der Waals surface area contributed by atoms with Crippen LogP contribution in [0.3, 0.4) is 0 Å². The Labute approximate surface area is 176 Å². The van der Waals surface area contributed by atoms with E-state index in [9.17, 15) is 22.8 Å². The van der Waals surface area contributed by atoms with E-state index >= 15 is 0 Å². The summed E-state index contributed by atoms with van der Waals surface area (Å²) in [7, 11) is 0. The summed E-state index contributed by atoms with van der Waals surface area (Å²) in [6.07, 6.45) is -3.56. The number of rotatable bonds is 4. The number of carbonyl (C=O) groups excluding carboxylic acids is 2. The Balaban J connectivity index is 1.29. The minimum atomic E-state index is -4.44. The molecule has 0 atom stereocenters. The van der Waals surface area contributed by atoms with E-state index in [1.165, 1.54) is 12.1 Å². The van der Waals surface area contributed by atoms with Crippen molar-refractivity contribution >= 4 is 17.5 Å². The number of piperidine rings is 1. The fourth-order valence-electron chi connectivity index (χ4n) is 3.75. The molecule has 4 rings (SSSR count). The summed E-state index contributed by atoms with van der Waals surface area (Å²) in [4.78, 5) is 26.7. The van der Waals surface area contributed by atoms with Gasteiger partial charge in [0.1, 0.15) is 0 Å². The number of hydrogen-bond donors (Lipinski definition) is 1. The Morgan fingerprint density at radius 3 is 2.52 bits per heavy atom. The van der Waals surface area contributed by atoms with E-state index in [0.717, 1.165) is 12.1 Å². The van der Waals surface area contributed by atoms with Gasteiger partial charge in [-0.25, -0.2) is 0 Å². The SMILES string of the molecule is O=C(Nc1ccc2c(c1)OCO2)C1CCN(C(=O)Cc2cccc(C(F)(F)F)c2)CC1. The fraction of sp³-hybridized carbons (Fsp3) is 0.364. The number of ether oxygens (including phenoxy) is 2. The molecular weight excluding hydrogens is 413 g/mol. The molecule has 2 aliphatic heterocycles. The Morgan fingerprint density at radius 2 is 1.77 bits per heavy atom. The third-order valence-corrected chi connectivity index (χ3v) is 5.47. The first-order valence-corrected chi connectivity index (χ1v) is 9.94. The third kappa shape index (κ3) is 4.92. The minimum absolute atomic E-state index is 0.0992. The number of carbonyl (C=O) groups is 2. The molecular formula is C22H21F3N2O4. The average Bonchev–Trinajstić information content (AvgIpc) is 3.21. The molecule has 0 aliphatic carbocycles. The van der Waals surface area contributed by atoms with Crippen LogP contribution in [0.5, 0.6) is 11.5 Å². The lowest BCUT2D eigenvalue weighted by Gasteiger charge is -2.31. The number of amides is 2. The summed E-state index contributed by atoms with van der Waals surface area (Å²) < 4.78 is 49.1. The molecule has 6 nitrogen and oxygen atoms in total. The van der Waals surface area contributed by atoms with Crippen molar-refractivity contribution < 1.29 is 32.2 Å². The van der Waals surface area contributed by atoms with Gasteiger partial charge >= 0.3 is 6.18 Å². The van der Waals surface area contributed by atoms with Gasteiger partial charge in [-0.1, -0.05) is 18.2 Å². The predicted octanol–water partition coefficient (Wildman–Crippen LogP) is 3.85. The van der Waals surface area contributed by atoms with Crippen molar-refractivity contribution in [2.75, 3.05) is 25.2 Å². The largest absolute Gasteiger partial charge is 0.454 e. The van der Waals surface area contributed by atoms with E-state index in [0.29, 0.717) is 48.7 Å². The standard InChI is InChI=1S/C22H21F3N2O4/c23-22(24,25)16-3-1-2-14(10-16)11-20(28)27-8-6-15(7-9-27)21(29)26-17-4-5-18-19(12-17)31-13-30-18/h1-5,10,12,15H,6-9,11,13H2,(H,26,29). The molecule has 9 heteroatoms. The molecule has 2 heterocycles. The summed E-state index contributed by atoms with van der Waals surface area (Å²) in [5.74, 6) is 0.583. The van der Waals surface area contributed by atoms with E-state index < -0.39 is 11.7 Å². The molecule has 2 aromatic carbocycles. The number of alkyl halides is 3. The molecule has 1 N–H and O–H groups in total. The smallest absolute Gasteiger partial charge is 0.416 e. The fourth-order valence-corrected chi connectivity index (χ4v) is 3.75. The number of nitrogens with one attached hydrogen (secondary N) is 1. The maximum absolute atomic E-state index is 12.9. The molecule has 164 valence electrons. The van der Waals surface area contributed by atoms with Crippen molar-refractivity contribution in [3.63, 3.8) is 0 Å². The number of anilines is 1. The molecule has 31 heavy (non-hydrogen) atoms. The number of fused-ring (bicyclic) bond motifs is 1. The van der Waals surface area contributed by atoms with Gasteiger partial charge in [0.05, 0.1) is 12.0 Å². The molecule has 0 radical (unpaired) electrons. The number of nitrogens with zero attached hydrogens (tertiary/aromatic N) is 1. The van der Waals surface area contributed by atoms with Gasteiger partial charge in [-0.15, -0.1) is 0 Å². The molecule has 2 amide bonds. The van der Waals surface area contributed by atoms with Crippen LogP contribution in [0.2, 0.25) is 0 Å². The number of likely N-dealkylation sites (tertiary alicyclic amines) is 1. The zero-order valence-corrected chi connectivity index (χ0v) is 16.6. The highest BCUT2D eigenvalue weighted by molar-refractivity contribution is 5.93. The molecule has 0 saturated carbocycles. The van der Waals surface area contributed by atoms with Crippen molar-refractivity contribution in [3.8, 4) is 11.5 Å². The number of benzene rings is 2. The summed E-state index contributed by atoms with van der Waals surface area (Å²) in [5.41, 5.74) is 0.163. The second-order valence-electron chi connectivity index (χ2n) is 7.59. The van der Waals surface area contributed by atoms with Gasteiger partial charge in [0.15, 0.2) is 11.5 Å². The van der Waals surface area contributed by atoms with Gasteiger partial charge in [0.25, 0.3) is 0 Å². The zero-order valence-electron chi connectivity index (χ0n) is 16.6. The highest BCUT2D eigenvalue weighted by Gasteiger charge is 2.31. The lowest BCUT2D eigenvalue weighted by molar-refractivity contribution is -0.138. The van der Waals surface area contributed by atoms with Crippen molar-refractivity contribution in [2.24, 2.45) is 5.92 Å². The first-order chi connectivity index (χ1) is 14.8. The highest BCUT2D eigenvalue weighted by atomic mass is 19.4. The summed E-state index contributed by atoms with van der Waals surface area (Å²) in [5, 5.41) is 2.86. The molecule has 1 saturated heterocycles. The Kier molecular flexibility index (Phi) is 5.75. The van der Waals surface area contributed by atoms with E-state index in [4.69, 9.17) is 9.47 Å². The third-order valence-electron chi connectivity index (χ3n) is 5.47. The van der Waals surface area contributed by atoms with Crippen LogP contribution in [0.4, 0.5) is 18.9 Å². The van der Waals surface area contributed by atoms with Crippen molar-refractivity contribution in [2.45, 2.75) is 25.4 Å². The van der Waals surface area contributed by atoms with E-state index in [-0.39, 0.29) is 30.9 Å². The second-order valence-corrected chi connectivity index (χ2v) is 7.59. The lowest BCUT2D eigenvalue weighted by Crippen LogP contribution is -2.42. The summed E-state index contributed by atoms with van der Waals surface area (Å²) >= 11 is 0. The maximum Gasteiger partial charge on any atom is 0.416 e. The quantitative estimate of drug-likeness (QED) is 0.794. The molecule has 2 aromatic rings. The molecule has 0 spiro atoms. The molecule has 0 bridgehead atoms. The van der Waals surface area contributed by atoms with Gasteiger partial charge in [0, 0.05) is 30.8 Å². The summed E-state index contributed by atoms with van der Waals surface area (Å²) in [6.45, 7) is 0.924. The highest BCUT2D eigenvalue weighted by Crippen LogP contribution is 2.34. The normalized spacial score (nSPS) is 16.3. The van der Waals surface area contributed by atoms with E-state index in [2.05, 4.69) is 5.32 Å². The van der Waals surface area contributed by atoms with Crippen LogP contribution in [-0.2, 0) is 22.2 Å². The van der Waals surface area contributed by atoms with Gasteiger partial charge in [-0.3, -0.25) is 9.59 Å². The van der Waals surface area contributed by atoms with Crippen LogP contribution < -0.4 is 14.8 Å². The van der Waals surface area contributed by atoms with E-state index in [1.54, 1.807) is 23.1 Å². The van der Waals surface area contributed by atoms with Crippen molar-refractivity contribution in [1.29, 1.82) is 0 Å². The van der Waals surface area contributed by atoms with Crippen LogP contribution >= 0.6 is 0 Å². The second kappa shape index (κ2) is 8.49. The van der Waals surface area contributed by atoms with Gasteiger partial charge in [0.2, 0.25) is 18.6 Å². The van der Waals surface area contributed by atoms with Crippen molar-refractivity contribution in [1.82, 2.24) is 4.90 Å². The first-order valence-electron chi connectivity index (χ1n) is 9.94. The Morgan fingerprint density at radius 1 is 1.03 bits per heavy atom. The minimum Gasteiger partial charge on any atom is -0.454 e. The number of hydrogen-bond acceptors (Lipinski definition) is 4. The van der Waals surface area contributed by atoms with Gasteiger partial charge in [-0.2, -0.15) is 13.2 Å². The zero-order chi connectivity index (χ0) is 22.0. The van der Waals surface area contributed by atoms with E-state index in [1.807, 2.05) is 0 Å². The lowest BCUT2D eigenvalue weighted by atomic mass is 9.95. The molecule has 1 fully saturated rings. The van der Waals surface area contributed by atoms with Crippen LogP contribution in [-0.4, -0.2) is 36.6 Å². The Hall–Kier alpha value is -3.23. The number of halogens is 3. The monoisotopic (exact) mass is 434 g/mol. The topological polar surface area (TPSA) is 67.9 Å².